The molecule has 0 spiro atoms. The number of aromatic carboxylic acids is 1. The molecule has 0 fully saturated rings. The second kappa shape index (κ2) is 2.58. The molecule has 0 aliphatic carbocycles. The number of hydrogen-bond acceptors (Lipinski definition) is 3. The maximum absolute atomic E-state index is 10.6. The number of carboxylic acids is 1. The van der Waals surface area contributed by atoms with Crippen molar-refractivity contribution < 1.29 is 9.90 Å². The van der Waals surface area contributed by atoms with Gasteiger partial charge < -0.3 is 15.4 Å². The monoisotopic (exact) mass is 165 g/mol. The van der Waals surface area contributed by atoms with Crippen molar-refractivity contribution in [3.05, 3.63) is 17.5 Å². The number of aryl methyl sites for hydroxylation is 1. The van der Waals surface area contributed by atoms with Gasteiger partial charge in [0.2, 0.25) is 0 Å². The first-order valence-electron chi connectivity index (χ1n) is 3.16. The van der Waals surface area contributed by atoms with Crippen molar-refractivity contribution in [1.82, 2.24) is 4.57 Å². The van der Waals surface area contributed by atoms with E-state index in [0.717, 1.165) is 0 Å². The van der Waals surface area contributed by atoms with E-state index in [1.807, 2.05) is 0 Å². The summed E-state index contributed by atoms with van der Waals surface area (Å²) in [7, 11) is 1.53. The average molecular weight is 165 g/mol. The molecule has 0 radical (unpaired) electrons. The van der Waals surface area contributed by atoms with Gasteiger partial charge in [0.1, 0.15) is 6.07 Å². The highest BCUT2D eigenvalue weighted by Gasteiger charge is 2.16. The Hall–Kier alpha value is -1.96. The van der Waals surface area contributed by atoms with E-state index < -0.39 is 5.97 Å². The fraction of sp³-hybridized carbons (Fsp3) is 0.143. The van der Waals surface area contributed by atoms with Crippen LogP contribution < -0.4 is 5.73 Å². The summed E-state index contributed by atoms with van der Waals surface area (Å²) >= 11 is 0. The third-order valence-electron chi connectivity index (χ3n) is 1.54. The number of hydrogen-bond donors (Lipinski definition) is 2. The van der Waals surface area contributed by atoms with Gasteiger partial charge in [-0.2, -0.15) is 5.26 Å². The summed E-state index contributed by atoms with van der Waals surface area (Å²) in [6.07, 6.45) is 1.39. The maximum Gasteiger partial charge on any atom is 0.354 e. The minimum Gasteiger partial charge on any atom is -0.477 e. The van der Waals surface area contributed by atoms with Crippen molar-refractivity contribution in [1.29, 1.82) is 5.26 Å². The standard InChI is InChI=1S/C7H7N3O2/c1-10-3-4(2-8)5(9)6(10)7(11)12/h3H,9H2,1H3,(H,11,12). The number of aromatic nitrogens is 1. The molecule has 0 bridgehead atoms. The van der Waals surface area contributed by atoms with E-state index >= 15 is 0 Å². The molecule has 3 N–H and O–H groups in total. The smallest absolute Gasteiger partial charge is 0.354 e. The predicted molar refractivity (Wildman–Crippen MR) is 41.5 cm³/mol. The molecule has 0 saturated carbocycles. The number of nitrogens with zero attached hydrogens (tertiary/aromatic N) is 2. The van der Waals surface area contributed by atoms with Gasteiger partial charge in [-0.1, -0.05) is 0 Å². The minimum absolute atomic E-state index is 0.0208. The Morgan fingerprint density at radius 2 is 2.42 bits per heavy atom. The van der Waals surface area contributed by atoms with Crippen LogP contribution in [0.1, 0.15) is 16.1 Å². The molecule has 0 amide bonds. The van der Waals surface area contributed by atoms with Gasteiger partial charge in [0.25, 0.3) is 0 Å². The Morgan fingerprint density at radius 1 is 1.83 bits per heavy atom. The Bertz CT molecular complexity index is 373. The van der Waals surface area contributed by atoms with Gasteiger partial charge in [-0.3, -0.25) is 0 Å². The van der Waals surface area contributed by atoms with E-state index in [2.05, 4.69) is 0 Å². The van der Waals surface area contributed by atoms with Crippen LogP contribution in [0.25, 0.3) is 0 Å². The van der Waals surface area contributed by atoms with Gasteiger partial charge in [0.05, 0.1) is 11.3 Å². The van der Waals surface area contributed by atoms with Crippen molar-refractivity contribution in [2.45, 2.75) is 0 Å². The molecule has 5 nitrogen and oxygen atoms in total. The van der Waals surface area contributed by atoms with Crippen LogP contribution >= 0.6 is 0 Å². The zero-order chi connectivity index (χ0) is 9.30. The van der Waals surface area contributed by atoms with E-state index in [9.17, 15) is 4.79 Å². The fourth-order valence-corrected chi connectivity index (χ4v) is 1.00. The zero-order valence-electron chi connectivity index (χ0n) is 6.40. The lowest BCUT2D eigenvalue weighted by atomic mass is 10.3. The first-order chi connectivity index (χ1) is 5.57. The lowest BCUT2D eigenvalue weighted by Crippen LogP contribution is -2.06. The summed E-state index contributed by atoms with van der Waals surface area (Å²) in [5, 5.41) is 17.1. The van der Waals surface area contributed by atoms with Crippen molar-refractivity contribution >= 4 is 11.7 Å². The van der Waals surface area contributed by atoms with E-state index in [1.54, 1.807) is 6.07 Å². The van der Waals surface area contributed by atoms with Gasteiger partial charge in [0.15, 0.2) is 5.69 Å². The average Bonchev–Trinajstić information content (AvgIpc) is 2.25. The Balaban J connectivity index is 3.40. The van der Waals surface area contributed by atoms with Crippen LogP contribution in [0.15, 0.2) is 6.20 Å². The number of anilines is 1. The van der Waals surface area contributed by atoms with Crippen molar-refractivity contribution in [2.75, 3.05) is 5.73 Å². The van der Waals surface area contributed by atoms with Gasteiger partial charge in [0, 0.05) is 13.2 Å². The topological polar surface area (TPSA) is 92.0 Å². The van der Waals surface area contributed by atoms with Crippen LogP contribution in [0.3, 0.4) is 0 Å². The molecular formula is C7H7N3O2. The summed E-state index contributed by atoms with van der Waals surface area (Å²) in [6.45, 7) is 0. The van der Waals surface area contributed by atoms with Crippen molar-refractivity contribution in [3.8, 4) is 6.07 Å². The molecule has 0 aromatic carbocycles. The summed E-state index contributed by atoms with van der Waals surface area (Å²) in [6, 6.07) is 1.80. The molecule has 0 saturated heterocycles. The number of carboxylic acid groups (broad SMARTS) is 1. The van der Waals surface area contributed by atoms with Gasteiger partial charge in [-0.15, -0.1) is 0 Å². The Labute approximate surface area is 68.6 Å². The SMILES string of the molecule is Cn1cc(C#N)c(N)c1C(=O)O. The van der Waals surface area contributed by atoms with Crippen molar-refractivity contribution in [2.24, 2.45) is 7.05 Å². The highest BCUT2D eigenvalue weighted by Crippen LogP contribution is 2.17. The van der Waals surface area contributed by atoms with Crippen molar-refractivity contribution in [3.63, 3.8) is 0 Å². The number of nitrogens with two attached hydrogens (primary N) is 1. The zero-order valence-corrected chi connectivity index (χ0v) is 6.40. The molecule has 1 aromatic heterocycles. The predicted octanol–water partition coefficient (Wildman–Crippen LogP) is 0.177. The molecule has 62 valence electrons. The molecule has 1 heterocycles. The maximum atomic E-state index is 10.6. The number of nitrogen functional groups attached to an aromatic ring is 1. The second-order valence-electron chi connectivity index (χ2n) is 2.33. The first kappa shape index (κ1) is 8.14. The van der Waals surface area contributed by atoms with Crippen LogP contribution in [0.5, 0.6) is 0 Å². The molecule has 1 rings (SSSR count). The highest BCUT2D eigenvalue weighted by molar-refractivity contribution is 5.93. The van der Waals surface area contributed by atoms with E-state index in [-0.39, 0.29) is 16.9 Å². The normalized spacial score (nSPS) is 9.33. The van der Waals surface area contributed by atoms with Gasteiger partial charge >= 0.3 is 5.97 Å². The molecule has 0 unspecified atom stereocenters. The second-order valence-corrected chi connectivity index (χ2v) is 2.33. The number of rotatable bonds is 1. The molecule has 0 atom stereocenters. The van der Waals surface area contributed by atoms with E-state index in [4.69, 9.17) is 16.1 Å². The first-order valence-corrected chi connectivity index (χ1v) is 3.16. The molecular weight excluding hydrogens is 158 g/mol. The molecule has 12 heavy (non-hydrogen) atoms. The third kappa shape index (κ3) is 0.992. The highest BCUT2D eigenvalue weighted by atomic mass is 16.4. The minimum atomic E-state index is -1.13. The lowest BCUT2D eigenvalue weighted by molar-refractivity contribution is 0.0688. The summed E-state index contributed by atoms with van der Waals surface area (Å²) < 4.78 is 1.32. The number of nitriles is 1. The fourth-order valence-electron chi connectivity index (χ4n) is 1.00. The molecule has 0 aliphatic rings. The van der Waals surface area contributed by atoms with Gasteiger partial charge in [-0.25, -0.2) is 4.79 Å². The summed E-state index contributed by atoms with van der Waals surface area (Å²) in [5.41, 5.74) is 5.55. The summed E-state index contributed by atoms with van der Waals surface area (Å²) in [5.74, 6) is -1.13. The summed E-state index contributed by atoms with van der Waals surface area (Å²) in [4.78, 5) is 10.6. The van der Waals surface area contributed by atoms with Crippen LogP contribution in [-0.4, -0.2) is 15.6 Å². The van der Waals surface area contributed by atoms with Gasteiger partial charge in [-0.05, 0) is 0 Å². The van der Waals surface area contributed by atoms with E-state index in [1.165, 1.54) is 17.8 Å². The van der Waals surface area contributed by atoms with Crippen LogP contribution in [0.4, 0.5) is 5.69 Å². The number of carbonyl (C=O) groups is 1. The Kier molecular flexibility index (Phi) is 1.75. The molecule has 0 aliphatic heterocycles. The largest absolute Gasteiger partial charge is 0.477 e. The van der Waals surface area contributed by atoms with Crippen LogP contribution in [0, 0.1) is 11.3 Å². The third-order valence-corrected chi connectivity index (χ3v) is 1.54. The lowest BCUT2D eigenvalue weighted by Gasteiger charge is -1.96. The Morgan fingerprint density at radius 3 is 2.67 bits per heavy atom. The van der Waals surface area contributed by atoms with E-state index in [0.29, 0.717) is 0 Å². The molecule has 5 heteroatoms. The quantitative estimate of drug-likeness (QED) is 0.620. The molecule has 1 aromatic rings. The van der Waals surface area contributed by atoms with Crippen LogP contribution in [0.2, 0.25) is 0 Å². The van der Waals surface area contributed by atoms with Crippen LogP contribution in [-0.2, 0) is 7.05 Å².